The number of hydrogen-bond acceptors (Lipinski definition) is 3. The molecule has 138 valence electrons. The smallest absolute Gasteiger partial charge is 0.254 e. The number of aromatic nitrogens is 2. The Labute approximate surface area is 158 Å². The van der Waals surface area contributed by atoms with Gasteiger partial charge in [0, 0.05) is 23.0 Å². The molecule has 0 aliphatic carbocycles. The molecule has 0 saturated heterocycles. The molecule has 27 heavy (non-hydrogen) atoms. The number of nitrogens with zero attached hydrogens (tertiary/aromatic N) is 2. The van der Waals surface area contributed by atoms with Crippen LogP contribution in [0.1, 0.15) is 23.7 Å². The predicted molar refractivity (Wildman–Crippen MR) is 108 cm³/mol. The third-order valence-corrected chi connectivity index (χ3v) is 4.41. The average Bonchev–Trinajstić information content (AvgIpc) is 2.66. The summed E-state index contributed by atoms with van der Waals surface area (Å²) >= 11 is 0. The third kappa shape index (κ3) is 4.31. The van der Waals surface area contributed by atoms with Crippen molar-refractivity contribution >= 4 is 11.6 Å². The van der Waals surface area contributed by atoms with Gasteiger partial charge in [-0.3, -0.25) is 14.2 Å². The van der Waals surface area contributed by atoms with Crippen LogP contribution in [0.2, 0.25) is 0 Å². The van der Waals surface area contributed by atoms with Gasteiger partial charge in [-0.1, -0.05) is 55.0 Å². The van der Waals surface area contributed by atoms with Crippen molar-refractivity contribution in [3.05, 3.63) is 81.8 Å². The fourth-order valence-electron chi connectivity index (χ4n) is 2.98. The maximum Gasteiger partial charge on any atom is 0.254 e. The van der Waals surface area contributed by atoms with Gasteiger partial charge in [-0.15, -0.1) is 0 Å². The zero-order valence-corrected chi connectivity index (χ0v) is 15.8. The van der Waals surface area contributed by atoms with Crippen LogP contribution in [-0.2, 0) is 17.8 Å². The number of rotatable bonds is 5. The number of benzene rings is 2. The molecule has 1 N–H and O–H groups in total. The van der Waals surface area contributed by atoms with E-state index in [1.54, 1.807) is 0 Å². The molecular formula is C22H23N3O2. The first-order valence-corrected chi connectivity index (χ1v) is 9.01. The molecule has 0 aliphatic heterocycles. The van der Waals surface area contributed by atoms with Gasteiger partial charge in [0.2, 0.25) is 5.91 Å². The van der Waals surface area contributed by atoms with Crippen molar-refractivity contribution in [3.8, 4) is 11.4 Å². The Balaban J connectivity index is 1.94. The van der Waals surface area contributed by atoms with Crippen LogP contribution in [0.5, 0.6) is 0 Å². The van der Waals surface area contributed by atoms with E-state index in [1.165, 1.54) is 10.6 Å². The highest BCUT2D eigenvalue weighted by atomic mass is 16.2. The van der Waals surface area contributed by atoms with Crippen LogP contribution in [0.4, 0.5) is 5.69 Å². The highest BCUT2D eigenvalue weighted by Gasteiger charge is 2.14. The zero-order valence-electron chi connectivity index (χ0n) is 15.8. The summed E-state index contributed by atoms with van der Waals surface area (Å²) in [6.45, 7) is 5.81. The number of anilines is 1. The summed E-state index contributed by atoms with van der Waals surface area (Å²) in [5.41, 5.74) is 4.16. The molecule has 0 fully saturated rings. The summed E-state index contributed by atoms with van der Waals surface area (Å²) in [6, 6.07) is 16.8. The monoisotopic (exact) mass is 361 g/mol. The third-order valence-electron chi connectivity index (χ3n) is 4.41. The van der Waals surface area contributed by atoms with E-state index in [9.17, 15) is 9.59 Å². The SMILES string of the molecule is CCc1cc(=O)n(CC(=O)Nc2ccc(C)cc2C)c(-c2ccccc2)n1. The van der Waals surface area contributed by atoms with Crippen molar-refractivity contribution in [2.75, 3.05) is 5.32 Å². The quantitative estimate of drug-likeness (QED) is 0.753. The second-order valence-corrected chi connectivity index (χ2v) is 6.58. The van der Waals surface area contributed by atoms with Crippen LogP contribution in [0, 0.1) is 13.8 Å². The molecule has 1 amide bonds. The highest BCUT2D eigenvalue weighted by Crippen LogP contribution is 2.18. The molecule has 0 saturated carbocycles. The minimum atomic E-state index is -0.257. The molecule has 0 bridgehead atoms. The fraction of sp³-hybridized carbons (Fsp3) is 0.227. The average molecular weight is 361 g/mol. The predicted octanol–water partition coefficient (Wildman–Crippen LogP) is 3.73. The van der Waals surface area contributed by atoms with Gasteiger partial charge in [0.1, 0.15) is 12.4 Å². The summed E-state index contributed by atoms with van der Waals surface area (Å²) in [6.07, 6.45) is 0.657. The van der Waals surface area contributed by atoms with E-state index in [0.29, 0.717) is 17.9 Å². The lowest BCUT2D eigenvalue weighted by molar-refractivity contribution is -0.116. The molecule has 2 aromatic carbocycles. The van der Waals surface area contributed by atoms with Crippen LogP contribution in [-0.4, -0.2) is 15.5 Å². The first-order chi connectivity index (χ1) is 13.0. The Kier molecular flexibility index (Phi) is 5.50. The number of nitrogens with one attached hydrogen (secondary N) is 1. The summed E-state index contributed by atoms with van der Waals surface area (Å²) < 4.78 is 1.42. The first-order valence-electron chi connectivity index (χ1n) is 9.01. The molecule has 3 aromatic rings. The van der Waals surface area contributed by atoms with Crippen molar-refractivity contribution in [2.45, 2.75) is 33.7 Å². The molecular weight excluding hydrogens is 338 g/mol. The van der Waals surface area contributed by atoms with Crippen molar-refractivity contribution in [2.24, 2.45) is 0 Å². The highest BCUT2D eigenvalue weighted by molar-refractivity contribution is 5.91. The summed E-state index contributed by atoms with van der Waals surface area (Å²) in [4.78, 5) is 29.8. The maximum atomic E-state index is 12.6. The van der Waals surface area contributed by atoms with E-state index in [4.69, 9.17) is 0 Å². The van der Waals surface area contributed by atoms with Crippen LogP contribution in [0.15, 0.2) is 59.4 Å². The zero-order chi connectivity index (χ0) is 19.4. The Morgan fingerprint density at radius 3 is 2.48 bits per heavy atom. The number of aryl methyl sites for hydroxylation is 3. The van der Waals surface area contributed by atoms with Gasteiger partial charge in [0.15, 0.2) is 0 Å². The Morgan fingerprint density at radius 2 is 1.81 bits per heavy atom. The molecule has 3 rings (SSSR count). The second kappa shape index (κ2) is 7.99. The van der Waals surface area contributed by atoms with Gasteiger partial charge in [-0.2, -0.15) is 0 Å². The molecule has 5 heteroatoms. The number of amides is 1. The Bertz CT molecular complexity index is 1020. The normalized spacial score (nSPS) is 10.6. The Hall–Kier alpha value is -3.21. The van der Waals surface area contributed by atoms with Crippen molar-refractivity contribution in [1.82, 2.24) is 9.55 Å². The molecule has 5 nitrogen and oxygen atoms in total. The van der Waals surface area contributed by atoms with Gasteiger partial charge >= 0.3 is 0 Å². The van der Waals surface area contributed by atoms with Crippen molar-refractivity contribution in [1.29, 1.82) is 0 Å². The topological polar surface area (TPSA) is 64.0 Å². The van der Waals surface area contributed by atoms with Crippen LogP contribution in [0.25, 0.3) is 11.4 Å². The lowest BCUT2D eigenvalue weighted by Crippen LogP contribution is -2.30. The van der Waals surface area contributed by atoms with E-state index in [-0.39, 0.29) is 18.0 Å². The number of carbonyl (C=O) groups excluding carboxylic acids is 1. The van der Waals surface area contributed by atoms with Crippen LogP contribution >= 0.6 is 0 Å². The summed E-state index contributed by atoms with van der Waals surface area (Å²) in [5.74, 6) is 0.253. The van der Waals surface area contributed by atoms with Gasteiger partial charge < -0.3 is 5.32 Å². The van der Waals surface area contributed by atoms with Gasteiger partial charge in [-0.25, -0.2) is 4.98 Å². The Morgan fingerprint density at radius 1 is 1.07 bits per heavy atom. The van der Waals surface area contributed by atoms with E-state index < -0.39 is 0 Å². The maximum absolute atomic E-state index is 12.6. The number of hydrogen-bond donors (Lipinski definition) is 1. The van der Waals surface area contributed by atoms with E-state index in [1.807, 2.05) is 69.3 Å². The fourth-order valence-corrected chi connectivity index (χ4v) is 2.98. The van der Waals surface area contributed by atoms with Crippen LogP contribution < -0.4 is 10.9 Å². The summed E-state index contributed by atoms with van der Waals surface area (Å²) in [7, 11) is 0. The molecule has 1 aromatic heterocycles. The first kappa shape index (κ1) is 18.6. The lowest BCUT2D eigenvalue weighted by Gasteiger charge is -2.14. The van der Waals surface area contributed by atoms with Gasteiger partial charge in [0.25, 0.3) is 5.56 Å². The molecule has 0 unspecified atom stereocenters. The number of carbonyl (C=O) groups is 1. The summed E-state index contributed by atoms with van der Waals surface area (Å²) in [5, 5.41) is 2.89. The molecule has 0 atom stereocenters. The molecule has 0 aliphatic rings. The van der Waals surface area contributed by atoms with E-state index >= 15 is 0 Å². The van der Waals surface area contributed by atoms with E-state index in [0.717, 1.165) is 22.4 Å². The lowest BCUT2D eigenvalue weighted by atomic mass is 10.1. The van der Waals surface area contributed by atoms with Gasteiger partial charge in [0.05, 0.1) is 0 Å². The van der Waals surface area contributed by atoms with Gasteiger partial charge in [-0.05, 0) is 31.9 Å². The van der Waals surface area contributed by atoms with E-state index in [2.05, 4.69) is 10.3 Å². The second-order valence-electron chi connectivity index (χ2n) is 6.58. The van der Waals surface area contributed by atoms with Crippen molar-refractivity contribution < 1.29 is 4.79 Å². The molecule has 0 radical (unpaired) electrons. The standard InChI is InChI=1S/C22H23N3O2/c1-4-18-13-21(27)25(22(23-18)17-8-6-5-7-9-17)14-20(26)24-19-11-10-15(2)12-16(19)3/h5-13H,4,14H2,1-3H3,(H,24,26). The minimum Gasteiger partial charge on any atom is -0.324 e. The van der Waals surface area contributed by atoms with Crippen molar-refractivity contribution in [3.63, 3.8) is 0 Å². The molecule has 0 spiro atoms. The van der Waals surface area contributed by atoms with Crippen LogP contribution in [0.3, 0.4) is 0 Å². The largest absolute Gasteiger partial charge is 0.324 e. The molecule has 1 heterocycles. The minimum absolute atomic E-state index is 0.0899.